The molecule has 136 valence electrons. The van der Waals surface area contributed by atoms with Gasteiger partial charge in [-0.25, -0.2) is 4.98 Å². The zero-order valence-electron chi connectivity index (χ0n) is 15.6. The molecule has 0 unspecified atom stereocenters. The predicted molar refractivity (Wildman–Crippen MR) is 106 cm³/mol. The Morgan fingerprint density at radius 2 is 1.81 bits per heavy atom. The molecule has 5 heteroatoms. The summed E-state index contributed by atoms with van der Waals surface area (Å²) >= 11 is 6.36. The van der Waals surface area contributed by atoms with Crippen LogP contribution in [0.25, 0.3) is 11.0 Å². The van der Waals surface area contributed by atoms with Crippen molar-refractivity contribution in [3.05, 3.63) is 64.9 Å². The van der Waals surface area contributed by atoms with Crippen LogP contribution in [0.2, 0.25) is 5.02 Å². The molecule has 4 nitrogen and oxygen atoms in total. The lowest BCUT2D eigenvalue weighted by Crippen LogP contribution is -2.37. The summed E-state index contributed by atoms with van der Waals surface area (Å²) in [6.07, 6.45) is 0. The van der Waals surface area contributed by atoms with Gasteiger partial charge in [0.1, 0.15) is 5.82 Å². The topological polar surface area (TPSA) is 46.9 Å². The van der Waals surface area contributed by atoms with Gasteiger partial charge in [-0.15, -0.1) is 0 Å². The molecule has 2 aromatic carbocycles. The molecule has 1 aromatic heterocycles. The molecular formula is C21H24ClN3O. The van der Waals surface area contributed by atoms with Gasteiger partial charge in [0.2, 0.25) is 5.91 Å². The molecule has 0 saturated carbocycles. The molecule has 3 rings (SSSR count). The van der Waals surface area contributed by atoms with E-state index in [0.717, 1.165) is 27.4 Å². The maximum Gasteiger partial charge on any atom is 0.225 e. The summed E-state index contributed by atoms with van der Waals surface area (Å²) < 4.78 is 2.13. The summed E-state index contributed by atoms with van der Waals surface area (Å²) in [6, 6.07) is 15.6. The smallest absolute Gasteiger partial charge is 0.225 e. The molecule has 26 heavy (non-hydrogen) atoms. The van der Waals surface area contributed by atoms with Crippen LogP contribution in [0.3, 0.4) is 0 Å². The van der Waals surface area contributed by atoms with Crippen molar-refractivity contribution in [1.29, 1.82) is 0 Å². The molecule has 0 spiro atoms. The number of amides is 1. The number of para-hydroxylation sites is 2. The van der Waals surface area contributed by atoms with Crippen LogP contribution in [-0.4, -0.2) is 15.5 Å². The van der Waals surface area contributed by atoms with E-state index in [2.05, 4.69) is 9.88 Å². The molecule has 0 aliphatic rings. The molecule has 0 bridgehead atoms. The second-order valence-corrected chi connectivity index (χ2v) is 7.99. The van der Waals surface area contributed by atoms with Crippen molar-refractivity contribution in [2.24, 2.45) is 5.41 Å². The Balaban J connectivity index is 2.02. The highest BCUT2D eigenvalue weighted by Gasteiger charge is 2.25. The number of rotatable bonds is 4. The van der Waals surface area contributed by atoms with E-state index in [1.54, 1.807) is 0 Å². The lowest BCUT2D eigenvalue weighted by molar-refractivity contribution is -0.129. The van der Waals surface area contributed by atoms with Gasteiger partial charge in [-0.2, -0.15) is 0 Å². The summed E-state index contributed by atoms with van der Waals surface area (Å²) in [4.78, 5) is 17.2. The lowest BCUT2D eigenvalue weighted by atomic mass is 9.95. The van der Waals surface area contributed by atoms with Crippen LogP contribution in [0.15, 0.2) is 48.5 Å². The quantitative estimate of drug-likeness (QED) is 0.706. The van der Waals surface area contributed by atoms with Gasteiger partial charge in [0.05, 0.1) is 23.6 Å². The average molecular weight is 370 g/mol. The lowest BCUT2D eigenvalue weighted by Gasteiger charge is -2.22. The minimum Gasteiger partial charge on any atom is -0.346 e. The van der Waals surface area contributed by atoms with Gasteiger partial charge in [-0.1, -0.05) is 62.7 Å². The minimum atomic E-state index is -0.451. The number of benzene rings is 2. The molecule has 1 heterocycles. The molecular weight excluding hydrogens is 346 g/mol. The van der Waals surface area contributed by atoms with Crippen LogP contribution >= 0.6 is 11.6 Å². The van der Waals surface area contributed by atoms with Crippen LogP contribution in [0.4, 0.5) is 0 Å². The van der Waals surface area contributed by atoms with E-state index in [0.29, 0.717) is 6.54 Å². The molecule has 0 aliphatic carbocycles. The summed E-state index contributed by atoms with van der Waals surface area (Å²) in [5, 5.41) is 3.81. The molecule has 1 N–H and O–H groups in total. The molecule has 0 fully saturated rings. The van der Waals surface area contributed by atoms with E-state index in [-0.39, 0.29) is 11.9 Å². The number of hydrogen-bond acceptors (Lipinski definition) is 2. The van der Waals surface area contributed by atoms with Crippen LogP contribution in [0.1, 0.15) is 45.1 Å². The van der Waals surface area contributed by atoms with Gasteiger partial charge in [0, 0.05) is 10.4 Å². The van der Waals surface area contributed by atoms with Crippen LogP contribution in [0, 0.1) is 5.41 Å². The Labute approximate surface area is 159 Å². The fourth-order valence-corrected chi connectivity index (χ4v) is 3.06. The maximum absolute atomic E-state index is 12.4. The van der Waals surface area contributed by atoms with Crippen molar-refractivity contribution in [2.75, 3.05) is 0 Å². The Hall–Kier alpha value is -2.33. The van der Waals surface area contributed by atoms with Crippen molar-refractivity contribution in [1.82, 2.24) is 14.9 Å². The summed E-state index contributed by atoms with van der Waals surface area (Å²) in [5.41, 5.74) is 2.51. The first kappa shape index (κ1) is 18.5. The van der Waals surface area contributed by atoms with Crippen molar-refractivity contribution in [2.45, 2.75) is 40.3 Å². The molecule has 1 atom stereocenters. The number of fused-ring (bicyclic) bond motifs is 1. The second kappa shape index (κ2) is 7.12. The fourth-order valence-electron chi connectivity index (χ4n) is 2.87. The van der Waals surface area contributed by atoms with Gasteiger partial charge in [-0.05, 0) is 30.7 Å². The third-order valence-corrected chi connectivity index (χ3v) is 4.76. The van der Waals surface area contributed by atoms with Gasteiger partial charge < -0.3 is 9.88 Å². The van der Waals surface area contributed by atoms with Crippen molar-refractivity contribution >= 4 is 28.5 Å². The van der Waals surface area contributed by atoms with E-state index in [1.807, 2.05) is 76.2 Å². The maximum atomic E-state index is 12.4. The molecule has 0 radical (unpaired) electrons. The number of carbonyl (C=O) groups is 1. The first-order chi connectivity index (χ1) is 12.3. The molecule has 1 amide bonds. The van der Waals surface area contributed by atoms with E-state index in [4.69, 9.17) is 16.6 Å². The zero-order chi connectivity index (χ0) is 18.9. The zero-order valence-corrected chi connectivity index (χ0v) is 16.3. The molecule has 0 saturated heterocycles. The number of nitrogens with one attached hydrogen (secondary N) is 1. The monoisotopic (exact) mass is 369 g/mol. The van der Waals surface area contributed by atoms with E-state index < -0.39 is 5.41 Å². The van der Waals surface area contributed by atoms with Gasteiger partial charge in [-0.3, -0.25) is 4.79 Å². The van der Waals surface area contributed by atoms with E-state index in [1.165, 1.54) is 0 Å². The highest BCUT2D eigenvalue weighted by atomic mass is 35.5. The van der Waals surface area contributed by atoms with Gasteiger partial charge >= 0.3 is 0 Å². The number of aromatic nitrogens is 2. The largest absolute Gasteiger partial charge is 0.346 e. The number of nitrogens with zero attached hydrogens (tertiary/aromatic N) is 2. The molecule has 3 aromatic rings. The van der Waals surface area contributed by atoms with Gasteiger partial charge in [0.15, 0.2) is 0 Å². The summed E-state index contributed by atoms with van der Waals surface area (Å²) in [5.74, 6) is 0.824. The number of imidazole rings is 1. The highest BCUT2D eigenvalue weighted by Crippen LogP contribution is 2.25. The van der Waals surface area contributed by atoms with Crippen LogP contribution in [-0.2, 0) is 11.3 Å². The highest BCUT2D eigenvalue weighted by molar-refractivity contribution is 6.31. The summed E-state index contributed by atoms with van der Waals surface area (Å²) in [7, 11) is 0. The van der Waals surface area contributed by atoms with Crippen molar-refractivity contribution in [3.8, 4) is 0 Å². The first-order valence-corrected chi connectivity index (χ1v) is 9.14. The Morgan fingerprint density at radius 3 is 2.50 bits per heavy atom. The number of hydrogen-bond donors (Lipinski definition) is 1. The average Bonchev–Trinajstić information content (AvgIpc) is 2.95. The normalized spacial score (nSPS) is 13.0. The van der Waals surface area contributed by atoms with Crippen molar-refractivity contribution in [3.63, 3.8) is 0 Å². The van der Waals surface area contributed by atoms with Gasteiger partial charge in [0.25, 0.3) is 0 Å². The Kier molecular flexibility index (Phi) is 5.05. The SMILES string of the molecule is C[C@H](NC(=O)C(C)(C)C)c1nc2ccccc2n1Cc1ccccc1Cl. The van der Waals surface area contributed by atoms with Crippen LogP contribution < -0.4 is 5.32 Å². The fraction of sp³-hybridized carbons (Fsp3) is 0.333. The summed E-state index contributed by atoms with van der Waals surface area (Å²) in [6.45, 7) is 8.28. The Morgan fingerprint density at radius 1 is 1.15 bits per heavy atom. The van der Waals surface area contributed by atoms with Crippen LogP contribution in [0.5, 0.6) is 0 Å². The standard InChI is InChI=1S/C21H24ClN3O/c1-14(23-20(26)21(2,3)4)19-24-17-11-7-8-12-18(17)25(19)13-15-9-5-6-10-16(15)22/h5-12,14H,13H2,1-4H3,(H,23,26)/t14-/m0/s1. The third kappa shape index (κ3) is 3.75. The van der Waals surface area contributed by atoms with Crippen molar-refractivity contribution < 1.29 is 4.79 Å². The first-order valence-electron chi connectivity index (χ1n) is 8.77. The van der Waals surface area contributed by atoms with E-state index in [9.17, 15) is 4.79 Å². The molecule has 0 aliphatic heterocycles. The third-order valence-electron chi connectivity index (χ3n) is 4.39. The number of carbonyl (C=O) groups excluding carboxylic acids is 1. The second-order valence-electron chi connectivity index (χ2n) is 7.58. The minimum absolute atomic E-state index is 0.00125. The number of halogens is 1. The predicted octanol–water partition coefficient (Wildman–Crippen LogP) is 4.96. The van der Waals surface area contributed by atoms with E-state index >= 15 is 0 Å². The Bertz CT molecular complexity index is 940.